The molecule has 4 aromatic rings. The van der Waals surface area contributed by atoms with E-state index in [4.69, 9.17) is 24.4 Å². The number of benzene rings is 1. The molecule has 0 saturated carbocycles. The normalized spacial score (nSPS) is 14.6. The lowest BCUT2D eigenvalue weighted by Gasteiger charge is -2.28. The van der Waals surface area contributed by atoms with Gasteiger partial charge < -0.3 is 28.9 Å². The lowest BCUT2D eigenvalue weighted by atomic mass is 10.2. The fourth-order valence-electron chi connectivity index (χ4n) is 4.53. The van der Waals surface area contributed by atoms with Crippen molar-refractivity contribution in [3.8, 4) is 17.1 Å². The van der Waals surface area contributed by atoms with Gasteiger partial charge in [-0.15, -0.1) is 4.91 Å². The number of imidazole rings is 1. The van der Waals surface area contributed by atoms with E-state index >= 15 is 0 Å². The number of rotatable bonds is 9. The molecule has 4 heterocycles. The quantitative estimate of drug-likeness (QED) is 0.317. The number of hydrogen-bond donors (Lipinski definition) is 1. The largest absolute Gasteiger partial charge is 0.497 e. The van der Waals surface area contributed by atoms with E-state index in [2.05, 4.69) is 38.5 Å². The van der Waals surface area contributed by atoms with Crippen molar-refractivity contribution in [1.29, 1.82) is 0 Å². The average Bonchev–Trinajstić information content (AvgIpc) is 3.34. The number of ether oxygens (including phenoxy) is 2. The van der Waals surface area contributed by atoms with E-state index in [-0.39, 0.29) is 11.6 Å². The molecule has 1 aromatic carbocycles. The molecule has 1 aliphatic rings. The van der Waals surface area contributed by atoms with E-state index in [1.165, 1.54) is 12.4 Å². The highest BCUT2D eigenvalue weighted by molar-refractivity contribution is 5.86. The Morgan fingerprint density at radius 3 is 2.41 bits per heavy atom. The number of anilines is 2. The Morgan fingerprint density at radius 2 is 1.79 bits per heavy atom. The molecule has 1 N–H and O–H groups in total. The summed E-state index contributed by atoms with van der Waals surface area (Å²) in [6.45, 7) is 7.22. The molecule has 0 radical (unpaired) electrons. The maximum Gasteiger partial charge on any atom is 0.225 e. The first-order valence-corrected chi connectivity index (χ1v) is 12.7. The Kier molecular flexibility index (Phi) is 7.61. The molecular formula is C26H31N9O4. The molecule has 3 aromatic heterocycles. The predicted molar refractivity (Wildman–Crippen MR) is 146 cm³/mol. The SMILES string of the molecule is COc1ccc(-c2nc(N3CCOCC3)c3nc(CN(C)c4ncc(C(O)N=O)cn4)n(C(C)C)c3n2)cc1. The molecule has 1 saturated heterocycles. The van der Waals surface area contributed by atoms with Gasteiger partial charge in [0.15, 0.2) is 22.8 Å². The van der Waals surface area contributed by atoms with Crippen molar-refractivity contribution < 1.29 is 14.6 Å². The van der Waals surface area contributed by atoms with E-state index in [9.17, 15) is 10.0 Å². The second-order valence-electron chi connectivity index (χ2n) is 9.51. The highest BCUT2D eigenvalue weighted by Gasteiger charge is 2.25. The van der Waals surface area contributed by atoms with Crippen molar-refractivity contribution in [2.45, 2.75) is 32.7 Å². The Bertz CT molecular complexity index is 1430. The molecule has 13 nitrogen and oxygen atoms in total. The number of aliphatic hydroxyl groups excluding tert-OH is 1. The summed E-state index contributed by atoms with van der Waals surface area (Å²) in [5.41, 5.74) is 2.57. The second-order valence-corrected chi connectivity index (χ2v) is 9.51. The third-order valence-electron chi connectivity index (χ3n) is 6.55. The maximum absolute atomic E-state index is 10.6. The van der Waals surface area contributed by atoms with E-state index in [1.54, 1.807) is 7.11 Å². The van der Waals surface area contributed by atoms with Crippen LogP contribution < -0.4 is 14.5 Å². The number of hydrogen-bond acceptors (Lipinski definition) is 12. The maximum atomic E-state index is 10.6. The van der Waals surface area contributed by atoms with Gasteiger partial charge in [0.2, 0.25) is 12.2 Å². The summed E-state index contributed by atoms with van der Waals surface area (Å²) < 4.78 is 13.0. The highest BCUT2D eigenvalue weighted by Crippen LogP contribution is 2.31. The van der Waals surface area contributed by atoms with Gasteiger partial charge in [-0.25, -0.2) is 24.9 Å². The van der Waals surface area contributed by atoms with Gasteiger partial charge in [-0.05, 0) is 43.3 Å². The van der Waals surface area contributed by atoms with E-state index in [0.29, 0.717) is 44.6 Å². The van der Waals surface area contributed by atoms with Crippen LogP contribution in [0.3, 0.4) is 0 Å². The standard InChI is InChI=1S/C26H31N9O4/c1-16(2)35-20(15-33(3)26-27-13-18(14-28-26)25(36)32-37)29-21-23(34-9-11-39-12-10-34)30-22(31-24(21)35)17-5-7-19(38-4)8-6-17/h5-8,13-14,16,25,36H,9-12,15H2,1-4H3. The van der Waals surface area contributed by atoms with E-state index in [1.807, 2.05) is 36.2 Å². The molecule has 1 unspecified atom stereocenters. The smallest absolute Gasteiger partial charge is 0.225 e. The van der Waals surface area contributed by atoms with Crippen LogP contribution in [0.2, 0.25) is 0 Å². The Morgan fingerprint density at radius 1 is 1.10 bits per heavy atom. The number of methoxy groups -OCH3 is 1. The van der Waals surface area contributed by atoms with Gasteiger partial charge in [0.1, 0.15) is 11.6 Å². The predicted octanol–water partition coefficient (Wildman–Crippen LogP) is 3.10. The Labute approximate surface area is 225 Å². The molecule has 0 bridgehead atoms. The Balaban J connectivity index is 1.58. The third kappa shape index (κ3) is 5.36. The summed E-state index contributed by atoms with van der Waals surface area (Å²) in [6, 6.07) is 7.75. The number of fused-ring (bicyclic) bond motifs is 1. The molecule has 0 amide bonds. The van der Waals surface area contributed by atoms with Gasteiger partial charge in [-0.2, -0.15) is 0 Å². The fourth-order valence-corrected chi connectivity index (χ4v) is 4.53. The Hall–Kier alpha value is -4.23. The molecule has 0 spiro atoms. The van der Waals surface area contributed by atoms with Crippen LogP contribution in [0.1, 0.15) is 37.5 Å². The lowest BCUT2D eigenvalue weighted by Crippen LogP contribution is -2.37. The summed E-state index contributed by atoms with van der Waals surface area (Å²) in [6.07, 6.45) is 1.28. The van der Waals surface area contributed by atoms with Crippen LogP contribution in [0.25, 0.3) is 22.6 Å². The minimum atomic E-state index is -1.49. The first-order chi connectivity index (χ1) is 18.9. The third-order valence-corrected chi connectivity index (χ3v) is 6.55. The molecule has 39 heavy (non-hydrogen) atoms. The molecule has 5 rings (SSSR count). The molecule has 204 valence electrons. The minimum absolute atomic E-state index is 0.0617. The van der Waals surface area contributed by atoms with Crippen molar-refractivity contribution in [2.75, 3.05) is 50.3 Å². The zero-order valence-electron chi connectivity index (χ0n) is 22.4. The second kappa shape index (κ2) is 11.3. The van der Waals surface area contributed by atoms with Gasteiger partial charge >= 0.3 is 0 Å². The zero-order valence-corrected chi connectivity index (χ0v) is 22.4. The molecule has 0 aliphatic carbocycles. The highest BCUT2D eigenvalue weighted by atomic mass is 16.5. The molecular weight excluding hydrogens is 502 g/mol. The first-order valence-electron chi connectivity index (χ1n) is 12.7. The van der Waals surface area contributed by atoms with Crippen LogP contribution in [0.15, 0.2) is 41.8 Å². The molecule has 1 atom stereocenters. The molecule has 13 heteroatoms. The van der Waals surface area contributed by atoms with Crippen LogP contribution in [0.5, 0.6) is 5.75 Å². The van der Waals surface area contributed by atoms with E-state index in [0.717, 1.165) is 34.1 Å². The minimum Gasteiger partial charge on any atom is -0.497 e. The van der Waals surface area contributed by atoms with Gasteiger partial charge in [0, 0.05) is 49.7 Å². The fraction of sp³-hybridized carbons (Fsp3) is 0.423. The van der Waals surface area contributed by atoms with Crippen molar-refractivity contribution >= 4 is 22.9 Å². The summed E-state index contributed by atoms with van der Waals surface area (Å²) in [7, 11) is 3.49. The first kappa shape index (κ1) is 26.4. The summed E-state index contributed by atoms with van der Waals surface area (Å²) in [5.74, 6) is 3.33. The van der Waals surface area contributed by atoms with Crippen molar-refractivity contribution in [2.24, 2.45) is 5.18 Å². The number of nitroso groups, excluding NO2 is 1. The van der Waals surface area contributed by atoms with E-state index < -0.39 is 6.23 Å². The van der Waals surface area contributed by atoms with Crippen LogP contribution in [0.4, 0.5) is 11.8 Å². The molecule has 1 aliphatic heterocycles. The van der Waals surface area contributed by atoms with Gasteiger partial charge in [0.05, 0.1) is 26.9 Å². The molecule has 1 fully saturated rings. The lowest BCUT2D eigenvalue weighted by molar-refractivity contribution is 0.122. The van der Waals surface area contributed by atoms with Crippen LogP contribution in [0, 0.1) is 4.91 Å². The topological polar surface area (TPSA) is 144 Å². The zero-order chi connectivity index (χ0) is 27.5. The number of morpholine rings is 1. The monoisotopic (exact) mass is 533 g/mol. The summed E-state index contributed by atoms with van der Waals surface area (Å²) in [4.78, 5) is 38.3. The number of aromatic nitrogens is 6. The number of nitrogens with zero attached hydrogens (tertiary/aromatic N) is 9. The van der Waals surface area contributed by atoms with Crippen LogP contribution >= 0.6 is 0 Å². The summed E-state index contributed by atoms with van der Waals surface area (Å²) >= 11 is 0. The van der Waals surface area contributed by atoms with Crippen molar-refractivity contribution in [1.82, 2.24) is 29.5 Å². The van der Waals surface area contributed by atoms with Gasteiger partial charge in [0.25, 0.3) is 0 Å². The van der Waals surface area contributed by atoms with Gasteiger partial charge in [-0.3, -0.25) is 0 Å². The van der Waals surface area contributed by atoms with Gasteiger partial charge in [-0.1, -0.05) is 0 Å². The van der Waals surface area contributed by atoms with Crippen molar-refractivity contribution in [3.63, 3.8) is 0 Å². The average molecular weight is 534 g/mol. The van der Waals surface area contributed by atoms with Crippen molar-refractivity contribution in [3.05, 3.63) is 53.0 Å². The number of aliphatic hydroxyl groups is 1. The summed E-state index contributed by atoms with van der Waals surface area (Å²) in [5, 5.41) is 12.2. The van der Waals surface area contributed by atoms with Crippen LogP contribution in [-0.2, 0) is 11.3 Å². The van der Waals surface area contributed by atoms with Crippen LogP contribution in [-0.4, -0.2) is 75.1 Å².